The van der Waals surface area contributed by atoms with Crippen molar-refractivity contribution in [1.29, 1.82) is 0 Å². The smallest absolute Gasteiger partial charge is 0.0636 e. The van der Waals surface area contributed by atoms with Gasteiger partial charge in [0.2, 0.25) is 0 Å². The Morgan fingerprint density at radius 2 is 2.00 bits per heavy atom. The van der Waals surface area contributed by atoms with Gasteiger partial charge < -0.3 is 15.7 Å². The van der Waals surface area contributed by atoms with E-state index >= 15 is 0 Å². The Labute approximate surface area is 87.3 Å². The van der Waals surface area contributed by atoms with E-state index in [-0.39, 0.29) is 6.10 Å². The van der Waals surface area contributed by atoms with E-state index in [9.17, 15) is 0 Å². The third-order valence-electron chi connectivity index (χ3n) is 2.76. The molecule has 3 N–H and O–H groups in total. The molecule has 1 rings (SSSR count). The van der Waals surface area contributed by atoms with E-state index in [0.29, 0.717) is 6.54 Å². The molecular formula is C11H24N2O. The summed E-state index contributed by atoms with van der Waals surface area (Å²) in [5, 5.41) is 15.8. The number of aliphatic hydroxyl groups excluding tert-OH is 1. The van der Waals surface area contributed by atoms with Crippen LogP contribution < -0.4 is 10.6 Å². The number of nitrogens with one attached hydrogen (secondary N) is 2. The topological polar surface area (TPSA) is 44.3 Å². The van der Waals surface area contributed by atoms with Crippen LogP contribution in [0, 0.1) is 0 Å². The van der Waals surface area contributed by atoms with Crippen molar-refractivity contribution in [2.24, 2.45) is 0 Å². The zero-order valence-electron chi connectivity index (χ0n) is 9.26. The van der Waals surface area contributed by atoms with Crippen molar-refractivity contribution in [2.75, 3.05) is 19.6 Å². The Morgan fingerprint density at radius 3 is 2.64 bits per heavy atom. The van der Waals surface area contributed by atoms with Crippen LogP contribution in [0.15, 0.2) is 0 Å². The molecule has 0 aromatic heterocycles. The van der Waals surface area contributed by atoms with Gasteiger partial charge in [-0.2, -0.15) is 0 Å². The molecule has 1 saturated carbocycles. The second kappa shape index (κ2) is 7.21. The maximum absolute atomic E-state index is 9.00. The van der Waals surface area contributed by atoms with Crippen LogP contribution in [0.3, 0.4) is 0 Å². The standard InChI is InChI=1S/C11H24N2O/c1-10(14)9-12-7-4-8-13-11-5-2-3-6-11/h10-14H,2-9H2,1H3. The quantitative estimate of drug-likeness (QED) is 0.535. The molecule has 0 saturated heterocycles. The molecule has 84 valence electrons. The van der Waals surface area contributed by atoms with Gasteiger partial charge in [-0.3, -0.25) is 0 Å². The fourth-order valence-electron chi connectivity index (χ4n) is 1.96. The Balaban J connectivity index is 1.79. The molecule has 0 heterocycles. The van der Waals surface area contributed by atoms with Gasteiger partial charge >= 0.3 is 0 Å². The summed E-state index contributed by atoms with van der Waals surface area (Å²) in [5.41, 5.74) is 0. The molecule has 3 nitrogen and oxygen atoms in total. The first kappa shape index (κ1) is 12.0. The number of aliphatic hydroxyl groups is 1. The van der Waals surface area contributed by atoms with Gasteiger partial charge in [0.1, 0.15) is 0 Å². The third kappa shape index (κ3) is 5.58. The molecule has 14 heavy (non-hydrogen) atoms. The Hall–Kier alpha value is -0.120. The van der Waals surface area contributed by atoms with Crippen molar-refractivity contribution in [1.82, 2.24) is 10.6 Å². The lowest BCUT2D eigenvalue weighted by molar-refractivity contribution is 0.191. The predicted octanol–water partition coefficient (Wildman–Crippen LogP) is 0.879. The Kier molecular flexibility index (Phi) is 6.15. The van der Waals surface area contributed by atoms with Gasteiger partial charge in [-0.25, -0.2) is 0 Å². The van der Waals surface area contributed by atoms with E-state index < -0.39 is 0 Å². The van der Waals surface area contributed by atoms with Crippen LogP contribution in [0.4, 0.5) is 0 Å². The number of hydrogen-bond donors (Lipinski definition) is 3. The number of rotatable bonds is 7. The van der Waals surface area contributed by atoms with Crippen LogP contribution in [0.2, 0.25) is 0 Å². The molecule has 0 aromatic rings. The highest BCUT2D eigenvalue weighted by molar-refractivity contribution is 4.73. The second-order valence-corrected chi connectivity index (χ2v) is 4.34. The van der Waals surface area contributed by atoms with Crippen molar-refractivity contribution in [3.8, 4) is 0 Å². The molecule has 0 radical (unpaired) electrons. The first-order valence-corrected chi connectivity index (χ1v) is 5.91. The van der Waals surface area contributed by atoms with Gasteiger partial charge in [-0.05, 0) is 39.3 Å². The molecule has 0 aromatic carbocycles. The van der Waals surface area contributed by atoms with Crippen LogP contribution in [0.5, 0.6) is 0 Å². The van der Waals surface area contributed by atoms with E-state index in [2.05, 4.69) is 10.6 Å². The predicted molar refractivity (Wildman–Crippen MR) is 59.4 cm³/mol. The van der Waals surface area contributed by atoms with E-state index in [1.165, 1.54) is 25.7 Å². The summed E-state index contributed by atoms with van der Waals surface area (Å²) in [7, 11) is 0. The lowest BCUT2D eigenvalue weighted by atomic mass is 10.2. The van der Waals surface area contributed by atoms with Crippen molar-refractivity contribution >= 4 is 0 Å². The SMILES string of the molecule is CC(O)CNCCCNC1CCCC1. The van der Waals surface area contributed by atoms with E-state index in [0.717, 1.165) is 25.6 Å². The largest absolute Gasteiger partial charge is 0.392 e. The van der Waals surface area contributed by atoms with Crippen LogP contribution >= 0.6 is 0 Å². The summed E-state index contributed by atoms with van der Waals surface area (Å²) in [4.78, 5) is 0. The van der Waals surface area contributed by atoms with Gasteiger partial charge in [0.15, 0.2) is 0 Å². The van der Waals surface area contributed by atoms with Gasteiger partial charge in [0, 0.05) is 12.6 Å². The van der Waals surface area contributed by atoms with E-state index in [1.54, 1.807) is 0 Å². The highest BCUT2D eigenvalue weighted by Crippen LogP contribution is 2.17. The minimum atomic E-state index is -0.224. The van der Waals surface area contributed by atoms with Crippen LogP contribution in [0.1, 0.15) is 39.0 Å². The van der Waals surface area contributed by atoms with E-state index in [1.807, 2.05) is 6.92 Å². The average Bonchev–Trinajstić information content (AvgIpc) is 2.63. The Bertz CT molecular complexity index is 133. The average molecular weight is 200 g/mol. The molecule has 1 aliphatic rings. The summed E-state index contributed by atoms with van der Waals surface area (Å²) in [6, 6.07) is 0.784. The zero-order chi connectivity index (χ0) is 10.2. The molecule has 1 unspecified atom stereocenters. The normalized spacial score (nSPS) is 20.1. The summed E-state index contributed by atoms with van der Waals surface area (Å²) < 4.78 is 0. The molecule has 3 heteroatoms. The number of hydrogen-bond acceptors (Lipinski definition) is 3. The summed E-state index contributed by atoms with van der Waals surface area (Å²) in [6.45, 7) is 4.63. The van der Waals surface area contributed by atoms with Crippen LogP contribution in [-0.2, 0) is 0 Å². The monoisotopic (exact) mass is 200 g/mol. The highest BCUT2D eigenvalue weighted by Gasteiger charge is 2.12. The fraction of sp³-hybridized carbons (Fsp3) is 1.00. The maximum atomic E-state index is 9.00. The summed E-state index contributed by atoms with van der Waals surface area (Å²) >= 11 is 0. The minimum absolute atomic E-state index is 0.224. The van der Waals surface area contributed by atoms with Crippen LogP contribution in [-0.4, -0.2) is 36.9 Å². The van der Waals surface area contributed by atoms with Gasteiger partial charge in [0.25, 0.3) is 0 Å². The maximum Gasteiger partial charge on any atom is 0.0636 e. The molecule has 1 aliphatic carbocycles. The van der Waals surface area contributed by atoms with Gasteiger partial charge in [-0.15, -0.1) is 0 Å². The van der Waals surface area contributed by atoms with Crippen molar-refractivity contribution < 1.29 is 5.11 Å². The van der Waals surface area contributed by atoms with Gasteiger partial charge in [0.05, 0.1) is 6.10 Å². The molecule has 1 atom stereocenters. The first-order chi connectivity index (χ1) is 6.79. The molecule has 0 aliphatic heterocycles. The first-order valence-electron chi connectivity index (χ1n) is 5.91. The lowest BCUT2D eigenvalue weighted by Gasteiger charge is -2.12. The molecular weight excluding hydrogens is 176 g/mol. The third-order valence-corrected chi connectivity index (χ3v) is 2.76. The summed E-state index contributed by atoms with van der Waals surface area (Å²) in [5.74, 6) is 0. The van der Waals surface area contributed by atoms with Crippen molar-refractivity contribution in [2.45, 2.75) is 51.2 Å². The van der Waals surface area contributed by atoms with E-state index in [4.69, 9.17) is 5.11 Å². The molecule has 0 amide bonds. The lowest BCUT2D eigenvalue weighted by Crippen LogP contribution is -2.31. The Morgan fingerprint density at radius 1 is 1.29 bits per heavy atom. The second-order valence-electron chi connectivity index (χ2n) is 4.34. The zero-order valence-corrected chi connectivity index (χ0v) is 9.26. The van der Waals surface area contributed by atoms with Crippen molar-refractivity contribution in [3.05, 3.63) is 0 Å². The molecule has 0 bridgehead atoms. The highest BCUT2D eigenvalue weighted by atomic mass is 16.3. The molecule has 1 fully saturated rings. The van der Waals surface area contributed by atoms with Gasteiger partial charge in [-0.1, -0.05) is 12.8 Å². The van der Waals surface area contributed by atoms with Crippen molar-refractivity contribution in [3.63, 3.8) is 0 Å². The fourth-order valence-corrected chi connectivity index (χ4v) is 1.96. The molecule has 0 spiro atoms. The van der Waals surface area contributed by atoms with Crippen LogP contribution in [0.25, 0.3) is 0 Å². The minimum Gasteiger partial charge on any atom is -0.392 e. The summed E-state index contributed by atoms with van der Waals surface area (Å²) in [6.07, 6.45) is 6.46.